The van der Waals surface area contributed by atoms with Crippen LogP contribution in [0.1, 0.15) is 47.5 Å². The molecule has 92 valence electrons. The van der Waals surface area contributed by atoms with Crippen molar-refractivity contribution in [1.29, 1.82) is 0 Å². The van der Waals surface area contributed by atoms with Gasteiger partial charge in [0.25, 0.3) is 0 Å². The van der Waals surface area contributed by atoms with Crippen LogP contribution in [0.2, 0.25) is 0 Å². The summed E-state index contributed by atoms with van der Waals surface area (Å²) in [5.41, 5.74) is 3.40. The first-order valence-corrected chi connectivity index (χ1v) is 5.67. The Kier molecular flexibility index (Phi) is 5.78. The summed E-state index contributed by atoms with van der Waals surface area (Å²) in [7, 11) is 3.69. The summed E-state index contributed by atoms with van der Waals surface area (Å²) >= 11 is 0. The fraction of sp³-hybridized carbons (Fsp3) is 1.00. The Morgan fingerprint density at radius 2 is 1.60 bits per heavy atom. The van der Waals surface area contributed by atoms with Crippen molar-refractivity contribution >= 4 is 0 Å². The molecule has 0 aromatic heterocycles. The molecule has 0 spiro atoms. The van der Waals surface area contributed by atoms with E-state index >= 15 is 0 Å². The Morgan fingerprint density at radius 3 is 1.93 bits per heavy atom. The minimum absolute atomic E-state index is 0.00762. The lowest BCUT2D eigenvalue weighted by Crippen LogP contribution is -2.45. The van der Waals surface area contributed by atoms with E-state index in [9.17, 15) is 0 Å². The van der Waals surface area contributed by atoms with Gasteiger partial charge >= 0.3 is 0 Å². The van der Waals surface area contributed by atoms with E-state index in [0.717, 1.165) is 6.42 Å². The number of hydroxylamine groups is 1. The van der Waals surface area contributed by atoms with Gasteiger partial charge in [0.15, 0.2) is 0 Å². The van der Waals surface area contributed by atoms with Crippen LogP contribution in [0.4, 0.5) is 0 Å². The zero-order chi connectivity index (χ0) is 12.1. The molecule has 0 fully saturated rings. The topological polar surface area (TPSA) is 33.3 Å². The first-order chi connectivity index (χ1) is 6.70. The average molecular weight is 216 g/mol. The van der Waals surface area contributed by atoms with Crippen molar-refractivity contribution in [3.63, 3.8) is 0 Å². The van der Waals surface area contributed by atoms with Crippen molar-refractivity contribution in [2.45, 2.75) is 59.0 Å². The fourth-order valence-corrected chi connectivity index (χ4v) is 1.95. The molecule has 0 aromatic carbocycles. The molecule has 0 rings (SSSR count). The molecule has 0 aromatic rings. The van der Waals surface area contributed by atoms with Gasteiger partial charge in [0.1, 0.15) is 0 Å². The van der Waals surface area contributed by atoms with E-state index < -0.39 is 0 Å². The SMILES string of the molecule is CNC(CC(C)(C)C)CC(C)(C)NOC. The predicted molar refractivity (Wildman–Crippen MR) is 65.8 cm³/mol. The van der Waals surface area contributed by atoms with Crippen LogP contribution in [0.15, 0.2) is 0 Å². The summed E-state index contributed by atoms with van der Waals surface area (Å²) in [5.74, 6) is 0. The summed E-state index contributed by atoms with van der Waals surface area (Å²) in [6.45, 7) is 11.1. The second-order valence-electron chi connectivity index (χ2n) is 6.14. The van der Waals surface area contributed by atoms with Gasteiger partial charge in [0.05, 0.1) is 7.11 Å². The van der Waals surface area contributed by atoms with Gasteiger partial charge in [0.2, 0.25) is 0 Å². The molecule has 3 heteroatoms. The maximum Gasteiger partial charge on any atom is 0.0572 e. The predicted octanol–water partition coefficient (Wildman–Crippen LogP) is 2.33. The highest BCUT2D eigenvalue weighted by molar-refractivity contribution is 4.83. The molecule has 3 nitrogen and oxygen atoms in total. The van der Waals surface area contributed by atoms with Crippen molar-refractivity contribution in [1.82, 2.24) is 10.8 Å². The van der Waals surface area contributed by atoms with Crippen LogP contribution in [-0.4, -0.2) is 25.7 Å². The van der Waals surface area contributed by atoms with Crippen molar-refractivity contribution in [3.05, 3.63) is 0 Å². The van der Waals surface area contributed by atoms with Crippen LogP contribution in [-0.2, 0) is 4.84 Å². The molecule has 2 N–H and O–H groups in total. The third-order valence-corrected chi connectivity index (χ3v) is 2.40. The van der Waals surface area contributed by atoms with Crippen molar-refractivity contribution < 1.29 is 4.84 Å². The van der Waals surface area contributed by atoms with Gasteiger partial charge in [-0.15, -0.1) is 0 Å². The lowest BCUT2D eigenvalue weighted by molar-refractivity contribution is 0.0180. The fourth-order valence-electron chi connectivity index (χ4n) is 1.95. The van der Waals surface area contributed by atoms with Crippen LogP contribution < -0.4 is 10.8 Å². The van der Waals surface area contributed by atoms with Gasteiger partial charge in [-0.2, -0.15) is 5.48 Å². The number of hydrogen-bond donors (Lipinski definition) is 2. The van der Waals surface area contributed by atoms with Gasteiger partial charge in [-0.05, 0) is 39.2 Å². The van der Waals surface area contributed by atoms with Crippen molar-refractivity contribution in [3.8, 4) is 0 Å². The first kappa shape index (κ1) is 14.9. The maximum absolute atomic E-state index is 5.00. The quantitative estimate of drug-likeness (QED) is 0.669. The molecular weight excluding hydrogens is 188 g/mol. The molecule has 1 unspecified atom stereocenters. The summed E-state index contributed by atoms with van der Waals surface area (Å²) in [4.78, 5) is 5.00. The first-order valence-electron chi connectivity index (χ1n) is 5.67. The Hall–Kier alpha value is -0.120. The van der Waals surface area contributed by atoms with Crippen LogP contribution in [0.25, 0.3) is 0 Å². The van der Waals surface area contributed by atoms with E-state index in [1.54, 1.807) is 7.11 Å². The van der Waals surface area contributed by atoms with Crippen LogP contribution in [0, 0.1) is 5.41 Å². The standard InChI is InChI=1S/C12H28N2O/c1-11(2,3)8-10(13-6)9-12(4,5)14-15-7/h10,13-14H,8-9H2,1-7H3. The van der Waals surface area contributed by atoms with Gasteiger partial charge < -0.3 is 10.2 Å². The van der Waals surface area contributed by atoms with Crippen molar-refractivity contribution in [2.75, 3.05) is 14.2 Å². The molecule has 0 heterocycles. The number of hydrogen-bond acceptors (Lipinski definition) is 3. The van der Waals surface area contributed by atoms with E-state index in [0.29, 0.717) is 11.5 Å². The summed E-state index contributed by atoms with van der Waals surface area (Å²) in [6.07, 6.45) is 2.22. The molecule has 0 aliphatic carbocycles. The Bertz CT molecular complexity index is 173. The molecule has 1 atom stereocenters. The lowest BCUT2D eigenvalue weighted by atomic mass is 9.83. The molecule has 0 bridgehead atoms. The van der Waals surface area contributed by atoms with Crippen molar-refractivity contribution in [2.24, 2.45) is 5.41 Å². The molecule has 0 saturated heterocycles. The van der Waals surface area contributed by atoms with Crippen LogP contribution in [0.5, 0.6) is 0 Å². The zero-order valence-electron chi connectivity index (χ0n) is 11.4. The van der Waals surface area contributed by atoms with Gasteiger partial charge in [-0.1, -0.05) is 20.8 Å². The summed E-state index contributed by atoms with van der Waals surface area (Å²) < 4.78 is 0. The van der Waals surface area contributed by atoms with E-state index in [-0.39, 0.29) is 5.54 Å². The van der Waals surface area contributed by atoms with E-state index in [4.69, 9.17) is 4.84 Å². The minimum atomic E-state index is 0.00762. The molecule has 0 amide bonds. The minimum Gasteiger partial charge on any atom is -0.317 e. The highest BCUT2D eigenvalue weighted by Gasteiger charge is 2.25. The largest absolute Gasteiger partial charge is 0.317 e. The Morgan fingerprint density at radius 1 is 1.07 bits per heavy atom. The number of nitrogens with one attached hydrogen (secondary N) is 2. The molecule has 15 heavy (non-hydrogen) atoms. The Labute approximate surface area is 94.9 Å². The molecule has 0 saturated carbocycles. The zero-order valence-corrected chi connectivity index (χ0v) is 11.4. The summed E-state index contributed by atoms with van der Waals surface area (Å²) in [5, 5.41) is 3.38. The average Bonchev–Trinajstić information content (AvgIpc) is 1.99. The lowest BCUT2D eigenvalue weighted by Gasteiger charge is -2.33. The highest BCUT2D eigenvalue weighted by atomic mass is 16.6. The Balaban J connectivity index is 4.20. The molecular formula is C12H28N2O. The number of rotatable bonds is 6. The second-order valence-corrected chi connectivity index (χ2v) is 6.14. The molecule has 0 aliphatic heterocycles. The molecule has 0 radical (unpaired) electrons. The normalized spacial score (nSPS) is 15.4. The van der Waals surface area contributed by atoms with E-state index in [1.807, 2.05) is 7.05 Å². The maximum atomic E-state index is 5.00. The van der Waals surface area contributed by atoms with Crippen LogP contribution >= 0.6 is 0 Å². The van der Waals surface area contributed by atoms with E-state index in [2.05, 4.69) is 45.4 Å². The summed E-state index contributed by atoms with van der Waals surface area (Å²) in [6, 6.07) is 0.516. The van der Waals surface area contributed by atoms with Gasteiger partial charge in [-0.25, -0.2) is 0 Å². The highest BCUT2D eigenvalue weighted by Crippen LogP contribution is 2.24. The second kappa shape index (κ2) is 5.83. The monoisotopic (exact) mass is 216 g/mol. The van der Waals surface area contributed by atoms with Crippen LogP contribution in [0.3, 0.4) is 0 Å². The smallest absolute Gasteiger partial charge is 0.0572 e. The van der Waals surface area contributed by atoms with E-state index in [1.165, 1.54) is 6.42 Å². The third kappa shape index (κ3) is 7.77. The van der Waals surface area contributed by atoms with Gasteiger partial charge in [-0.3, -0.25) is 0 Å². The molecule has 0 aliphatic rings. The third-order valence-electron chi connectivity index (χ3n) is 2.40. The van der Waals surface area contributed by atoms with Gasteiger partial charge in [0, 0.05) is 11.6 Å².